The second-order valence-electron chi connectivity index (χ2n) is 7.32. The topological polar surface area (TPSA) is 80.9 Å². The Kier molecular flexibility index (Phi) is 6.94. The van der Waals surface area contributed by atoms with Crippen LogP contribution in [0, 0.1) is 0 Å². The average molecular weight is 588 g/mol. The Morgan fingerprint density at radius 3 is 2.60 bits per heavy atom. The Labute approximate surface area is 213 Å². The SMILES string of the molecule is CCOC(=O)C1=C(C(F)(F)F)N=c2s/c(=C\c3cc(Br)ccc3O)c(=O)n2[C@@H]1c1ccc(Cl)cc1. The van der Waals surface area contributed by atoms with E-state index in [0.717, 1.165) is 4.57 Å². The average Bonchev–Trinajstić information content (AvgIpc) is 3.10. The number of alkyl halides is 3. The molecule has 3 aromatic rings. The third-order valence-electron chi connectivity index (χ3n) is 5.06. The van der Waals surface area contributed by atoms with E-state index in [-0.39, 0.29) is 32.8 Å². The second kappa shape index (κ2) is 9.63. The number of aromatic nitrogens is 1. The molecule has 0 spiro atoms. The van der Waals surface area contributed by atoms with E-state index in [0.29, 0.717) is 20.8 Å². The zero-order chi connectivity index (χ0) is 25.5. The van der Waals surface area contributed by atoms with Gasteiger partial charge in [0.2, 0.25) is 0 Å². The lowest BCUT2D eigenvalue weighted by Gasteiger charge is -2.26. The van der Waals surface area contributed by atoms with E-state index in [1.165, 1.54) is 43.3 Å². The van der Waals surface area contributed by atoms with Gasteiger partial charge in [0, 0.05) is 15.1 Å². The van der Waals surface area contributed by atoms with Gasteiger partial charge in [0.1, 0.15) is 5.75 Å². The zero-order valence-electron chi connectivity index (χ0n) is 17.8. The molecule has 2 heterocycles. The Bertz CT molecular complexity index is 1530. The minimum Gasteiger partial charge on any atom is -0.507 e. The smallest absolute Gasteiger partial charge is 0.434 e. The number of hydrogen-bond acceptors (Lipinski definition) is 6. The molecule has 0 radical (unpaired) electrons. The lowest BCUT2D eigenvalue weighted by atomic mass is 9.95. The van der Waals surface area contributed by atoms with Crippen LogP contribution in [0.15, 0.2) is 68.0 Å². The normalized spacial score (nSPS) is 16.2. The summed E-state index contributed by atoms with van der Waals surface area (Å²) in [5.74, 6) is -1.36. The Hall–Kier alpha value is -2.89. The van der Waals surface area contributed by atoms with Gasteiger partial charge in [-0.15, -0.1) is 0 Å². The van der Waals surface area contributed by atoms with Gasteiger partial charge in [0.25, 0.3) is 5.56 Å². The molecule has 0 bridgehead atoms. The first-order valence-corrected chi connectivity index (χ1v) is 12.0. The van der Waals surface area contributed by atoms with Crippen molar-refractivity contribution in [3.63, 3.8) is 0 Å². The third-order valence-corrected chi connectivity index (χ3v) is 6.79. The number of rotatable bonds is 4. The van der Waals surface area contributed by atoms with Crippen LogP contribution < -0.4 is 14.9 Å². The summed E-state index contributed by atoms with van der Waals surface area (Å²) >= 11 is 9.94. The summed E-state index contributed by atoms with van der Waals surface area (Å²) in [6.07, 6.45) is -3.64. The van der Waals surface area contributed by atoms with Gasteiger partial charge in [-0.2, -0.15) is 13.2 Å². The summed E-state index contributed by atoms with van der Waals surface area (Å²) in [6.45, 7) is 1.29. The summed E-state index contributed by atoms with van der Waals surface area (Å²) in [5, 5.41) is 10.5. The number of halogens is 5. The van der Waals surface area contributed by atoms with Gasteiger partial charge in [-0.3, -0.25) is 9.36 Å². The van der Waals surface area contributed by atoms with Gasteiger partial charge in [-0.05, 0) is 48.9 Å². The molecule has 0 aliphatic carbocycles. The molecule has 2 aromatic carbocycles. The fraction of sp³-hybridized carbons (Fsp3) is 0.174. The van der Waals surface area contributed by atoms with Crippen molar-refractivity contribution >= 4 is 50.9 Å². The number of benzene rings is 2. The quantitative estimate of drug-likeness (QED) is 0.457. The number of allylic oxidation sites excluding steroid dienone is 1. The summed E-state index contributed by atoms with van der Waals surface area (Å²) < 4.78 is 48.8. The number of phenols is 1. The molecule has 1 aliphatic rings. The van der Waals surface area contributed by atoms with Crippen LogP contribution in [0.5, 0.6) is 5.75 Å². The molecule has 1 aromatic heterocycles. The predicted molar refractivity (Wildman–Crippen MR) is 128 cm³/mol. The van der Waals surface area contributed by atoms with Crippen LogP contribution in [0.1, 0.15) is 24.1 Å². The summed E-state index contributed by atoms with van der Waals surface area (Å²) in [6, 6.07) is 8.85. The van der Waals surface area contributed by atoms with E-state index in [4.69, 9.17) is 16.3 Å². The van der Waals surface area contributed by atoms with Gasteiger partial charge in [0.05, 0.1) is 22.8 Å². The molecule has 0 saturated heterocycles. The van der Waals surface area contributed by atoms with E-state index in [2.05, 4.69) is 20.9 Å². The van der Waals surface area contributed by atoms with Crippen LogP contribution in [0.4, 0.5) is 13.2 Å². The molecule has 0 fully saturated rings. The molecule has 12 heteroatoms. The van der Waals surface area contributed by atoms with Crippen molar-refractivity contribution in [2.45, 2.75) is 19.1 Å². The van der Waals surface area contributed by atoms with Crippen LogP contribution in [0.2, 0.25) is 5.02 Å². The number of nitrogens with zero attached hydrogens (tertiary/aromatic N) is 2. The van der Waals surface area contributed by atoms with E-state index < -0.39 is 35.0 Å². The first kappa shape index (κ1) is 25.2. The molecule has 182 valence electrons. The largest absolute Gasteiger partial charge is 0.507 e. The molecular formula is C23H15BrClF3N2O4S. The van der Waals surface area contributed by atoms with E-state index >= 15 is 0 Å². The van der Waals surface area contributed by atoms with E-state index in [1.54, 1.807) is 12.1 Å². The van der Waals surface area contributed by atoms with Gasteiger partial charge in [0.15, 0.2) is 10.5 Å². The number of hydrogen-bond donors (Lipinski definition) is 1. The van der Waals surface area contributed by atoms with Crippen molar-refractivity contribution in [1.82, 2.24) is 4.57 Å². The molecule has 0 unspecified atom stereocenters. The Morgan fingerprint density at radius 2 is 1.97 bits per heavy atom. The maximum Gasteiger partial charge on any atom is 0.434 e. The first-order chi connectivity index (χ1) is 16.5. The van der Waals surface area contributed by atoms with Crippen molar-refractivity contribution in [2.24, 2.45) is 4.99 Å². The monoisotopic (exact) mass is 586 g/mol. The molecule has 1 atom stereocenters. The molecule has 0 amide bonds. The molecule has 4 rings (SSSR count). The third kappa shape index (κ3) is 4.93. The van der Waals surface area contributed by atoms with Gasteiger partial charge < -0.3 is 9.84 Å². The number of carbonyl (C=O) groups excluding carboxylic acids is 1. The standard InChI is InChI=1S/C23H15BrClF3N2O4S/c1-2-34-21(33)17-18(11-3-6-14(25)7-4-11)30-20(32)16(10-12-9-13(24)5-8-15(12)31)35-22(30)29-19(17)23(26,27)28/h3-10,18,31H,2H2,1H3/b16-10-/t18-/m1/s1. The number of esters is 1. The van der Waals surface area contributed by atoms with Crippen LogP contribution >= 0.6 is 38.9 Å². The van der Waals surface area contributed by atoms with Crippen molar-refractivity contribution < 1.29 is 27.8 Å². The van der Waals surface area contributed by atoms with Gasteiger partial charge in [-0.25, -0.2) is 9.79 Å². The predicted octanol–water partition coefficient (Wildman–Crippen LogP) is 4.46. The minimum atomic E-state index is -5.00. The Morgan fingerprint density at radius 1 is 1.29 bits per heavy atom. The van der Waals surface area contributed by atoms with Crippen molar-refractivity contribution in [1.29, 1.82) is 0 Å². The summed E-state index contributed by atoms with van der Waals surface area (Å²) in [4.78, 5) is 29.7. The van der Waals surface area contributed by atoms with Crippen LogP contribution in [0.25, 0.3) is 6.08 Å². The van der Waals surface area contributed by atoms with E-state index in [1.807, 2.05) is 0 Å². The first-order valence-electron chi connectivity index (χ1n) is 10.1. The minimum absolute atomic E-state index is 0.0164. The van der Waals surface area contributed by atoms with Crippen LogP contribution in [0.3, 0.4) is 0 Å². The number of ether oxygens (including phenoxy) is 1. The fourth-order valence-electron chi connectivity index (χ4n) is 3.58. The van der Waals surface area contributed by atoms with Crippen molar-refractivity contribution in [2.75, 3.05) is 6.61 Å². The molecule has 1 aliphatic heterocycles. The molecular weight excluding hydrogens is 573 g/mol. The molecule has 35 heavy (non-hydrogen) atoms. The highest BCUT2D eigenvalue weighted by Gasteiger charge is 2.45. The van der Waals surface area contributed by atoms with Gasteiger partial charge >= 0.3 is 12.1 Å². The molecule has 1 N–H and O–H groups in total. The highest BCUT2D eigenvalue weighted by molar-refractivity contribution is 9.10. The number of carbonyl (C=O) groups is 1. The maximum atomic E-state index is 14.1. The number of fused-ring (bicyclic) bond motifs is 1. The van der Waals surface area contributed by atoms with Crippen LogP contribution in [-0.4, -0.2) is 28.4 Å². The lowest BCUT2D eigenvalue weighted by molar-refractivity contribution is -0.140. The number of thiazole rings is 1. The van der Waals surface area contributed by atoms with Gasteiger partial charge in [-0.1, -0.05) is 51.0 Å². The highest BCUT2D eigenvalue weighted by atomic mass is 79.9. The highest BCUT2D eigenvalue weighted by Crippen LogP contribution is 2.38. The second-order valence-corrected chi connectivity index (χ2v) is 9.68. The fourth-order valence-corrected chi connectivity index (χ4v) is 5.08. The lowest BCUT2D eigenvalue weighted by Crippen LogP contribution is -2.41. The number of aromatic hydroxyl groups is 1. The molecule has 0 saturated carbocycles. The van der Waals surface area contributed by atoms with Crippen molar-refractivity contribution in [3.8, 4) is 5.75 Å². The number of phenolic OH excluding ortho intramolecular Hbond substituents is 1. The van der Waals surface area contributed by atoms with E-state index in [9.17, 15) is 27.9 Å². The van der Waals surface area contributed by atoms with Crippen molar-refractivity contribution in [3.05, 3.63) is 94.0 Å². The van der Waals surface area contributed by atoms with Crippen LogP contribution in [-0.2, 0) is 9.53 Å². The summed E-state index contributed by atoms with van der Waals surface area (Å²) in [7, 11) is 0. The zero-order valence-corrected chi connectivity index (χ0v) is 20.9. The molecule has 6 nitrogen and oxygen atoms in total. The Balaban J connectivity index is 2.07. The summed E-state index contributed by atoms with van der Waals surface area (Å²) in [5.41, 5.74) is -2.43. The maximum absolute atomic E-state index is 14.1.